The highest BCUT2D eigenvalue weighted by atomic mass is 19.4. The van der Waals surface area contributed by atoms with Gasteiger partial charge < -0.3 is 10.1 Å². The number of anilines is 1. The summed E-state index contributed by atoms with van der Waals surface area (Å²) in [6.45, 7) is 1.40. The summed E-state index contributed by atoms with van der Waals surface area (Å²) in [7, 11) is 1.46. The Hall–Kier alpha value is -3.63. The van der Waals surface area contributed by atoms with Gasteiger partial charge in [-0.15, -0.1) is 0 Å². The second-order valence-electron chi connectivity index (χ2n) is 6.60. The van der Waals surface area contributed by atoms with Crippen molar-refractivity contribution in [2.45, 2.75) is 25.2 Å². The average Bonchev–Trinajstić information content (AvgIpc) is 3.21. The van der Waals surface area contributed by atoms with E-state index in [0.717, 1.165) is 0 Å². The highest BCUT2D eigenvalue weighted by Crippen LogP contribution is 2.45. The predicted molar refractivity (Wildman–Crippen MR) is 101 cm³/mol. The first-order valence-electron chi connectivity index (χ1n) is 8.94. The minimum Gasteiger partial charge on any atom is -0.481 e. The normalized spacial score (nSPS) is 18.2. The van der Waals surface area contributed by atoms with Crippen molar-refractivity contribution in [1.29, 1.82) is 0 Å². The van der Waals surface area contributed by atoms with E-state index in [1.807, 2.05) is 5.32 Å². The molecule has 11 heteroatoms. The molecule has 3 heterocycles. The fourth-order valence-electron chi connectivity index (χ4n) is 3.44. The van der Waals surface area contributed by atoms with Crippen molar-refractivity contribution in [3.63, 3.8) is 0 Å². The minimum absolute atomic E-state index is 0.0328. The third-order valence-electron chi connectivity index (χ3n) is 4.88. The van der Waals surface area contributed by atoms with Crippen LogP contribution in [0.3, 0.4) is 0 Å². The summed E-state index contributed by atoms with van der Waals surface area (Å²) in [5.41, 5.74) is -1.93. The number of para-hydroxylation sites is 1. The van der Waals surface area contributed by atoms with Crippen molar-refractivity contribution < 1.29 is 27.5 Å². The van der Waals surface area contributed by atoms with Crippen LogP contribution < -0.4 is 15.4 Å². The number of alkyl halides is 3. The van der Waals surface area contributed by atoms with Gasteiger partial charge in [-0.05, 0) is 12.1 Å². The van der Waals surface area contributed by atoms with E-state index in [2.05, 4.69) is 15.3 Å². The van der Waals surface area contributed by atoms with E-state index in [-0.39, 0.29) is 23.4 Å². The number of carbonyl (C=O) groups excluding carboxylic acids is 2. The summed E-state index contributed by atoms with van der Waals surface area (Å²) < 4.78 is 48.3. The van der Waals surface area contributed by atoms with E-state index in [9.17, 15) is 22.8 Å². The first-order valence-corrected chi connectivity index (χ1v) is 8.94. The molecule has 1 unspecified atom stereocenters. The van der Waals surface area contributed by atoms with Crippen molar-refractivity contribution in [3.05, 3.63) is 36.5 Å². The highest BCUT2D eigenvalue weighted by Gasteiger charge is 2.67. The maximum atomic E-state index is 14.2. The summed E-state index contributed by atoms with van der Waals surface area (Å²) in [5, 5.41) is 4.01. The van der Waals surface area contributed by atoms with E-state index in [1.165, 1.54) is 26.3 Å². The Kier molecular flexibility index (Phi) is 4.40. The van der Waals surface area contributed by atoms with Gasteiger partial charge in [-0.25, -0.2) is 9.97 Å². The van der Waals surface area contributed by atoms with Crippen LogP contribution >= 0.6 is 0 Å². The molecule has 1 aliphatic heterocycles. The van der Waals surface area contributed by atoms with E-state index in [1.54, 1.807) is 24.3 Å². The number of nitrogens with zero attached hydrogens (tertiary/aromatic N) is 3. The van der Waals surface area contributed by atoms with Gasteiger partial charge in [0, 0.05) is 29.8 Å². The molecule has 0 aliphatic carbocycles. The smallest absolute Gasteiger partial charge is 0.440 e. The zero-order valence-electron chi connectivity index (χ0n) is 15.9. The van der Waals surface area contributed by atoms with Crippen LogP contribution in [0.15, 0.2) is 36.5 Å². The Labute approximate surface area is 168 Å². The van der Waals surface area contributed by atoms with Gasteiger partial charge >= 0.3 is 6.18 Å². The molecule has 0 spiro atoms. The van der Waals surface area contributed by atoms with Gasteiger partial charge in [-0.1, -0.05) is 19.1 Å². The molecule has 0 bridgehead atoms. The number of halogens is 3. The standard InChI is InChI=1S/C19H16F3N5O3/c1-3-13(28)26-18(19(20,21)22)16(29)25-17-24-15-11(5-4-6-12(15)27(17)18)10-7-8-14(30-2)23-9-10/h4-9H,3H2,1-2H3,(H,26,28)(H,24,25,29). The first-order chi connectivity index (χ1) is 14.2. The lowest BCUT2D eigenvalue weighted by atomic mass is 10.0. The third-order valence-corrected chi connectivity index (χ3v) is 4.88. The van der Waals surface area contributed by atoms with Crippen LogP contribution in [-0.2, 0) is 15.3 Å². The van der Waals surface area contributed by atoms with Crippen molar-refractivity contribution in [2.75, 3.05) is 12.4 Å². The van der Waals surface area contributed by atoms with Gasteiger partial charge in [0.15, 0.2) is 0 Å². The number of pyridine rings is 1. The number of fused-ring (bicyclic) bond motifs is 3. The minimum atomic E-state index is -5.11. The van der Waals surface area contributed by atoms with Crippen LogP contribution in [0.4, 0.5) is 19.1 Å². The van der Waals surface area contributed by atoms with E-state index >= 15 is 0 Å². The fourth-order valence-corrected chi connectivity index (χ4v) is 3.44. The maximum Gasteiger partial charge on any atom is 0.440 e. The monoisotopic (exact) mass is 419 g/mol. The molecule has 4 rings (SSSR count). The second kappa shape index (κ2) is 6.71. The SMILES string of the molecule is CCC(=O)NC1(C(F)(F)F)C(=O)Nc2nc3c(-c4ccc(OC)nc4)cccc3n21. The molecule has 2 aromatic heterocycles. The molecule has 30 heavy (non-hydrogen) atoms. The Morgan fingerprint density at radius 3 is 2.67 bits per heavy atom. The summed E-state index contributed by atoms with van der Waals surface area (Å²) in [6, 6.07) is 7.94. The van der Waals surface area contributed by atoms with Crippen LogP contribution in [0.25, 0.3) is 22.2 Å². The number of carbonyl (C=O) groups is 2. The zero-order valence-corrected chi connectivity index (χ0v) is 15.9. The molecule has 3 aromatic rings. The summed E-state index contributed by atoms with van der Waals surface area (Å²) in [5.74, 6) is -2.27. The number of amides is 2. The molecule has 1 aliphatic rings. The topological polar surface area (TPSA) is 98.1 Å². The number of benzene rings is 1. The molecule has 2 N–H and O–H groups in total. The molecule has 0 saturated carbocycles. The molecular formula is C19H16F3N5O3. The number of hydrogen-bond donors (Lipinski definition) is 2. The van der Waals surface area contributed by atoms with Crippen LogP contribution in [-0.4, -0.2) is 39.6 Å². The number of methoxy groups -OCH3 is 1. The maximum absolute atomic E-state index is 14.2. The third kappa shape index (κ3) is 2.69. The lowest BCUT2D eigenvalue weighted by molar-refractivity contribution is -0.217. The summed E-state index contributed by atoms with van der Waals surface area (Å²) in [4.78, 5) is 32.7. The van der Waals surface area contributed by atoms with Gasteiger partial charge in [0.2, 0.25) is 17.7 Å². The number of hydrogen-bond acceptors (Lipinski definition) is 5. The van der Waals surface area contributed by atoms with E-state index < -0.39 is 23.7 Å². The Bertz CT molecular complexity index is 1160. The van der Waals surface area contributed by atoms with Crippen LogP contribution in [0.2, 0.25) is 0 Å². The first kappa shape index (κ1) is 19.7. The van der Waals surface area contributed by atoms with Crippen LogP contribution in [0, 0.1) is 0 Å². The van der Waals surface area contributed by atoms with E-state index in [4.69, 9.17) is 4.74 Å². The Morgan fingerprint density at radius 2 is 2.07 bits per heavy atom. The molecular weight excluding hydrogens is 403 g/mol. The number of rotatable bonds is 4. The Balaban J connectivity index is 1.96. The Morgan fingerprint density at radius 1 is 1.30 bits per heavy atom. The van der Waals surface area contributed by atoms with Crippen molar-refractivity contribution >= 4 is 28.8 Å². The van der Waals surface area contributed by atoms with Gasteiger partial charge in [0.1, 0.15) is 0 Å². The van der Waals surface area contributed by atoms with Gasteiger partial charge in [0.25, 0.3) is 11.6 Å². The van der Waals surface area contributed by atoms with Crippen molar-refractivity contribution in [1.82, 2.24) is 19.9 Å². The van der Waals surface area contributed by atoms with Crippen LogP contribution in [0.5, 0.6) is 5.88 Å². The molecule has 1 atom stereocenters. The number of ether oxygens (including phenoxy) is 1. The summed E-state index contributed by atoms with van der Waals surface area (Å²) >= 11 is 0. The molecule has 0 saturated heterocycles. The molecule has 1 aromatic carbocycles. The predicted octanol–water partition coefficient (Wildman–Crippen LogP) is 2.80. The van der Waals surface area contributed by atoms with Gasteiger partial charge in [0.05, 0.1) is 18.1 Å². The molecule has 0 fully saturated rings. The quantitative estimate of drug-likeness (QED) is 0.678. The van der Waals surface area contributed by atoms with Crippen molar-refractivity contribution in [2.24, 2.45) is 0 Å². The van der Waals surface area contributed by atoms with E-state index in [0.29, 0.717) is 21.6 Å². The molecule has 2 amide bonds. The van der Waals surface area contributed by atoms with Crippen molar-refractivity contribution in [3.8, 4) is 17.0 Å². The number of imidazole rings is 1. The lowest BCUT2D eigenvalue weighted by Gasteiger charge is -2.31. The number of nitrogens with one attached hydrogen (secondary N) is 2. The highest BCUT2D eigenvalue weighted by molar-refractivity contribution is 6.06. The van der Waals surface area contributed by atoms with Gasteiger partial charge in [-0.3, -0.25) is 19.5 Å². The lowest BCUT2D eigenvalue weighted by Crippen LogP contribution is -2.63. The van der Waals surface area contributed by atoms with Gasteiger partial charge in [-0.2, -0.15) is 13.2 Å². The molecule has 8 nitrogen and oxygen atoms in total. The van der Waals surface area contributed by atoms with Crippen LogP contribution in [0.1, 0.15) is 13.3 Å². The molecule has 156 valence electrons. The summed E-state index contributed by atoms with van der Waals surface area (Å²) in [6.07, 6.45) is -3.83. The second-order valence-corrected chi connectivity index (χ2v) is 6.60. The average molecular weight is 419 g/mol. The largest absolute Gasteiger partial charge is 0.481 e. The number of aromatic nitrogens is 3. The zero-order chi connectivity index (χ0) is 21.7. The molecule has 0 radical (unpaired) electrons. The fraction of sp³-hybridized carbons (Fsp3) is 0.263.